The molecule has 0 atom stereocenters. The van der Waals surface area contributed by atoms with Gasteiger partial charge in [-0.15, -0.1) is 10.2 Å². The molecule has 6 nitrogen and oxygen atoms in total. The van der Waals surface area contributed by atoms with Gasteiger partial charge in [-0.05, 0) is 41.9 Å². The van der Waals surface area contributed by atoms with E-state index < -0.39 is 15.8 Å². The van der Waals surface area contributed by atoms with Crippen LogP contribution in [0.25, 0.3) is 11.4 Å². The summed E-state index contributed by atoms with van der Waals surface area (Å²) < 4.78 is 38.7. The summed E-state index contributed by atoms with van der Waals surface area (Å²) in [6.07, 6.45) is 0. The van der Waals surface area contributed by atoms with E-state index in [1.807, 2.05) is 0 Å². The Balaban J connectivity index is 2.76. The third-order valence-corrected chi connectivity index (χ3v) is 4.03. The molecule has 0 spiro atoms. The Morgan fingerprint density at radius 2 is 2.00 bits per heavy atom. The molecule has 0 unspecified atom stereocenters. The van der Waals surface area contributed by atoms with E-state index in [0.29, 0.717) is 0 Å². The monoisotopic (exact) mass is 362 g/mol. The predicted molar refractivity (Wildman–Crippen MR) is 74.9 cm³/mol. The molecule has 0 aliphatic rings. The van der Waals surface area contributed by atoms with E-state index in [-0.39, 0.29) is 27.1 Å². The minimum Gasteiger partial charge on any atom is -0.294 e. The average Bonchev–Trinajstić information content (AvgIpc) is 2.77. The van der Waals surface area contributed by atoms with Crippen LogP contribution in [0.4, 0.5) is 4.39 Å². The number of nitrogens with zero attached hydrogens (tertiary/aromatic N) is 3. The van der Waals surface area contributed by atoms with Crippen LogP contribution < -0.4 is 5.14 Å². The first-order valence-electron chi connectivity index (χ1n) is 5.65. The highest BCUT2D eigenvalue weighted by Gasteiger charge is 2.25. The molecule has 108 valence electrons. The first-order chi connectivity index (χ1) is 9.23. The molecule has 1 aromatic carbocycles. The van der Waals surface area contributed by atoms with Crippen LogP contribution in [-0.2, 0) is 10.0 Å². The molecule has 1 aromatic heterocycles. The Labute approximate surface area is 124 Å². The number of hydrogen-bond acceptors (Lipinski definition) is 4. The van der Waals surface area contributed by atoms with Crippen LogP contribution in [0, 0.1) is 5.82 Å². The Hall–Kier alpha value is -1.32. The molecular weight excluding hydrogens is 351 g/mol. The van der Waals surface area contributed by atoms with Gasteiger partial charge in [-0.1, -0.05) is 6.07 Å². The van der Waals surface area contributed by atoms with Crippen LogP contribution in [-0.4, -0.2) is 23.2 Å². The van der Waals surface area contributed by atoms with Crippen molar-refractivity contribution in [2.24, 2.45) is 5.14 Å². The minimum absolute atomic E-state index is 0.114. The van der Waals surface area contributed by atoms with E-state index >= 15 is 0 Å². The van der Waals surface area contributed by atoms with Gasteiger partial charge in [-0.3, -0.25) is 4.57 Å². The van der Waals surface area contributed by atoms with E-state index in [1.54, 1.807) is 19.9 Å². The number of benzene rings is 1. The van der Waals surface area contributed by atoms with Gasteiger partial charge >= 0.3 is 0 Å². The van der Waals surface area contributed by atoms with E-state index in [1.165, 1.54) is 16.7 Å². The van der Waals surface area contributed by atoms with Gasteiger partial charge in [0, 0.05) is 6.04 Å². The Kier molecular flexibility index (Phi) is 3.94. The minimum atomic E-state index is -4.03. The summed E-state index contributed by atoms with van der Waals surface area (Å²) in [7, 11) is -4.03. The lowest BCUT2D eigenvalue weighted by molar-refractivity contribution is 0.522. The lowest BCUT2D eigenvalue weighted by Gasteiger charge is -2.13. The third-order valence-electron chi connectivity index (χ3n) is 2.63. The van der Waals surface area contributed by atoms with Crippen LogP contribution in [0.15, 0.2) is 27.8 Å². The van der Waals surface area contributed by atoms with Crippen LogP contribution in [0.2, 0.25) is 0 Å². The standard InChI is InChI=1S/C11H12BrFN4O2S/c1-6(2)17-10(15-16-11(17)20(14,18)19)7-4-3-5-8(12)9(7)13/h3-6H,1-2H3,(H2,14,18,19). The van der Waals surface area contributed by atoms with Crippen molar-refractivity contribution in [3.8, 4) is 11.4 Å². The van der Waals surface area contributed by atoms with Crippen LogP contribution in [0.5, 0.6) is 0 Å². The number of hydrogen-bond donors (Lipinski definition) is 1. The van der Waals surface area contributed by atoms with Crippen molar-refractivity contribution in [1.29, 1.82) is 0 Å². The molecule has 0 aliphatic carbocycles. The fraction of sp³-hybridized carbons (Fsp3) is 0.273. The molecule has 2 rings (SSSR count). The lowest BCUT2D eigenvalue weighted by Crippen LogP contribution is -2.20. The normalized spacial score (nSPS) is 12.1. The summed E-state index contributed by atoms with van der Waals surface area (Å²) in [6, 6.07) is 4.36. The second-order valence-electron chi connectivity index (χ2n) is 4.42. The average molecular weight is 363 g/mol. The van der Waals surface area contributed by atoms with Crippen molar-refractivity contribution in [3.63, 3.8) is 0 Å². The van der Waals surface area contributed by atoms with E-state index in [2.05, 4.69) is 26.1 Å². The number of primary sulfonamides is 1. The molecule has 0 fully saturated rings. The Bertz CT molecular complexity index is 758. The molecule has 0 radical (unpaired) electrons. The summed E-state index contributed by atoms with van der Waals surface area (Å²) in [5.74, 6) is -0.425. The largest absolute Gasteiger partial charge is 0.294 e. The molecule has 0 bridgehead atoms. The fourth-order valence-corrected chi connectivity index (χ4v) is 2.89. The van der Waals surface area contributed by atoms with E-state index in [0.717, 1.165) is 0 Å². The molecule has 0 aliphatic heterocycles. The highest BCUT2D eigenvalue weighted by molar-refractivity contribution is 9.10. The van der Waals surface area contributed by atoms with Gasteiger partial charge in [0.1, 0.15) is 5.82 Å². The van der Waals surface area contributed by atoms with Crippen molar-refractivity contribution in [2.45, 2.75) is 25.0 Å². The quantitative estimate of drug-likeness (QED) is 0.904. The summed E-state index contributed by atoms with van der Waals surface area (Å²) in [6.45, 7) is 3.47. The van der Waals surface area contributed by atoms with Gasteiger partial charge in [0.25, 0.3) is 15.2 Å². The van der Waals surface area contributed by atoms with Gasteiger partial charge in [0.2, 0.25) is 0 Å². The van der Waals surface area contributed by atoms with E-state index in [9.17, 15) is 12.8 Å². The summed E-state index contributed by atoms with van der Waals surface area (Å²) in [4.78, 5) is 0. The molecule has 2 aromatic rings. The summed E-state index contributed by atoms with van der Waals surface area (Å²) in [5.41, 5.74) is 0.149. The number of aromatic nitrogens is 3. The van der Waals surface area contributed by atoms with Gasteiger partial charge in [0.05, 0.1) is 10.0 Å². The second-order valence-corrected chi connectivity index (χ2v) is 6.73. The first-order valence-corrected chi connectivity index (χ1v) is 7.99. The zero-order valence-electron chi connectivity index (χ0n) is 10.7. The molecule has 20 heavy (non-hydrogen) atoms. The highest BCUT2D eigenvalue weighted by Crippen LogP contribution is 2.29. The van der Waals surface area contributed by atoms with Gasteiger partial charge in [-0.25, -0.2) is 17.9 Å². The topological polar surface area (TPSA) is 90.9 Å². The summed E-state index contributed by atoms with van der Waals surface area (Å²) >= 11 is 3.08. The maximum absolute atomic E-state index is 14.1. The number of sulfonamides is 1. The van der Waals surface area contributed by atoms with Crippen LogP contribution in [0.3, 0.4) is 0 Å². The molecular formula is C11H12BrFN4O2S. The molecule has 2 N–H and O–H groups in total. The van der Waals surface area contributed by atoms with E-state index in [4.69, 9.17) is 5.14 Å². The van der Waals surface area contributed by atoms with Crippen molar-refractivity contribution in [3.05, 3.63) is 28.5 Å². The van der Waals surface area contributed by atoms with Crippen molar-refractivity contribution in [1.82, 2.24) is 14.8 Å². The van der Waals surface area contributed by atoms with Gasteiger partial charge in [-0.2, -0.15) is 0 Å². The number of rotatable bonds is 3. The van der Waals surface area contributed by atoms with Gasteiger partial charge < -0.3 is 0 Å². The maximum Gasteiger partial charge on any atom is 0.273 e. The van der Waals surface area contributed by atoms with Crippen molar-refractivity contribution >= 4 is 26.0 Å². The molecule has 0 saturated heterocycles. The second kappa shape index (κ2) is 5.23. The third kappa shape index (κ3) is 2.60. The van der Waals surface area contributed by atoms with Crippen molar-refractivity contribution in [2.75, 3.05) is 0 Å². The fourth-order valence-electron chi connectivity index (χ4n) is 1.80. The van der Waals surface area contributed by atoms with Crippen LogP contribution >= 0.6 is 15.9 Å². The molecule has 9 heteroatoms. The smallest absolute Gasteiger partial charge is 0.273 e. The first kappa shape index (κ1) is 15.1. The number of halogens is 2. The zero-order valence-corrected chi connectivity index (χ0v) is 13.1. The zero-order chi connectivity index (χ0) is 15.1. The van der Waals surface area contributed by atoms with Gasteiger partial charge in [0.15, 0.2) is 5.82 Å². The number of nitrogens with two attached hydrogens (primary N) is 1. The van der Waals surface area contributed by atoms with Crippen LogP contribution in [0.1, 0.15) is 19.9 Å². The lowest BCUT2D eigenvalue weighted by atomic mass is 10.2. The molecule has 1 heterocycles. The Morgan fingerprint density at radius 3 is 2.55 bits per heavy atom. The molecule has 0 amide bonds. The SMILES string of the molecule is CC(C)n1c(-c2cccc(Br)c2F)nnc1S(N)(=O)=O. The molecule has 0 saturated carbocycles. The predicted octanol–water partition coefficient (Wildman–Crippen LogP) is 2.07. The highest BCUT2D eigenvalue weighted by atomic mass is 79.9. The Morgan fingerprint density at radius 1 is 1.35 bits per heavy atom. The maximum atomic E-state index is 14.1. The summed E-state index contributed by atoms with van der Waals surface area (Å²) in [5, 5.41) is 12.1. The van der Waals surface area contributed by atoms with Crippen molar-refractivity contribution < 1.29 is 12.8 Å².